The third kappa shape index (κ3) is 3.89. The molecule has 0 saturated carbocycles. The van der Waals surface area contributed by atoms with E-state index in [9.17, 15) is 19.2 Å². The number of nitrogens with one attached hydrogen (secondary N) is 2. The molecule has 2 rings (SSSR count). The fraction of sp³-hybridized carbons (Fsp3) is 0.375. The van der Waals surface area contributed by atoms with Crippen molar-refractivity contribution in [3.05, 3.63) is 45.1 Å². The van der Waals surface area contributed by atoms with Crippen LogP contribution in [0.5, 0.6) is 0 Å². The van der Waals surface area contributed by atoms with E-state index >= 15 is 0 Å². The lowest BCUT2D eigenvalue weighted by Gasteiger charge is -2.14. The van der Waals surface area contributed by atoms with Gasteiger partial charge in [0.1, 0.15) is 12.6 Å². The van der Waals surface area contributed by atoms with Crippen LogP contribution in [-0.4, -0.2) is 32.6 Å². The average molecular weight is 333 g/mol. The zero-order valence-corrected chi connectivity index (χ0v) is 13.2. The van der Waals surface area contributed by atoms with Crippen LogP contribution in [0.4, 0.5) is 0 Å². The fourth-order valence-electron chi connectivity index (χ4n) is 2.39. The number of carboxylic acid groups (broad SMARTS) is 1. The summed E-state index contributed by atoms with van der Waals surface area (Å²) in [7, 11) is 0. The Morgan fingerprint density at radius 1 is 1.29 bits per heavy atom. The van der Waals surface area contributed by atoms with E-state index in [1.165, 1.54) is 0 Å². The number of unbranched alkanes of at least 4 members (excludes halogenated alkanes) is 1. The molecule has 0 fully saturated rings. The number of hydrogen-bond donors (Lipinski definition) is 3. The second-order valence-electron chi connectivity index (χ2n) is 5.47. The molecule has 0 bridgehead atoms. The summed E-state index contributed by atoms with van der Waals surface area (Å²) in [5, 5.41) is 11.7. The van der Waals surface area contributed by atoms with E-state index in [4.69, 9.17) is 5.11 Å². The Morgan fingerprint density at radius 3 is 2.67 bits per heavy atom. The van der Waals surface area contributed by atoms with Crippen molar-refractivity contribution in [3.63, 3.8) is 0 Å². The van der Waals surface area contributed by atoms with Crippen molar-refractivity contribution < 1.29 is 14.7 Å². The van der Waals surface area contributed by atoms with Crippen LogP contribution in [0.15, 0.2) is 33.9 Å². The first kappa shape index (κ1) is 17.5. The van der Waals surface area contributed by atoms with Gasteiger partial charge in [-0.25, -0.2) is 9.59 Å². The van der Waals surface area contributed by atoms with Gasteiger partial charge >= 0.3 is 11.7 Å². The predicted molar refractivity (Wildman–Crippen MR) is 87.9 cm³/mol. The maximum atomic E-state index is 12.3. The number of aromatic amines is 1. The molecule has 0 saturated heterocycles. The van der Waals surface area contributed by atoms with E-state index in [0.717, 1.165) is 11.0 Å². The van der Waals surface area contributed by atoms with Crippen LogP contribution in [0.2, 0.25) is 0 Å². The Morgan fingerprint density at radius 2 is 2.00 bits per heavy atom. The SMILES string of the molecule is CCCC[C@H](NC(=O)Cn1c(=O)[nH]c2ccccc2c1=O)C(=O)O. The Bertz CT molecular complexity index is 868. The van der Waals surface area contributed by atoms with Gasteiger partial charge in [-0.05, 0) is 18.6 Å². The highest BCUT2D eigenvalue weighted by Crippen LogP contribution is 2.03. The van der Waals surface area contributed by atoms with E-state index in [1.807, 2.05) is 6.92 Å². The number of carbonyl (C=O) groups is 2. The van der Waals surface area contributed by atoms with Crippen LogP contribution in [0.1, 0.15) is 26.2 Å². The normalized spacial score (nSPS) is 12.0. The van der Waals surface area contributed by atoms with Crippen molar-refractivity contribution in [2.45, 2.75) is 38.8 Å². The number of benzene rings is 1. The van der Waals surface area contributed by atoms with Gasteiger partial charge in [-0.3, -0.25) is 14.2 Å². The van der Waals surface area contributed by atoms with Gasteiger partial charge in [-0.1, -0.05) is 31.9 Å². The van der Waals surface area contributed by atoms with Crippen molar-refractivity contribution in [2.24, 2.45) is 0 Å². The van der Waals surface area contributed by atoms with Crippen molar-refractivity contribution >= 4 is 22.8 Å². The molecule has 1 aromatic carbocycles. The van der Waals surface area contributed by atoms with Gasteiger partial charge in [-0.15, -0.1) is 0 Å². The van der Waals surface area contributed by atoms with Gasteiger partial charge in [0.2, 0.25) is 5.91 Å². The second kappa shape index (κ2) is 7.58. The summed E-state index contributed by atoms with van der Waals surface area (Å²) >= 11 is 0. The number of aromatic nitrogens is 2. The molecule has 1 amide bonds. The van der Waals surface area contributed by atoms with Crippen molar-refractivity contribution in [2.75, 3.05) is 0 Å². The highest BCUT2D eigenvalue weighted by atomic mass is 16.4. The molecule has 0 spiro atoms. The van der Waals surface area contributed by atoms with Gasteiger partial charge in [0.05, 0.1) is 10.9 Å². The smallest absolute Gasteiger partial charge is 0.329 e. The topological polar surface area (TPSA) is 121 Å². The molecule has 3 N–H and O–H groups in total. The van der Waals surface area contributed by atoms with Gasteiger partial charge in [-0.2, -0.15) is 0 Å². The molecule has 0 aliphatic carbocycles. The maximum Gasteiger partial charge on any atom is 0.329 e. The van der Waals surface area contributed by atoms with Crippen molar-refractivity contribution in [1.29, 1.82) is 0 Å². The molecule has 0 radical (unpaired) electrons. The first-order chi connectivity index (χ1) is 11.4. The highest BCUT2D eigenvalue weighted by Gasteiger charge is 2.20. The van der Waals surface area contributed by atoms with Gasteiger partial charge in [0.15, 0.2) is 0 Å². The van der Waals surface area contributed by atoms with E-state index < -0.39 is 35.7 Å². The van der Waals surface area contributed by atoms with Crippen molar-refractivity contribution in [1.82, 2.24) is 14.9 Å². The second-order valence-corrected chi connectivity index (χ2v) is 5.47. The third-order valence-corrected chi connectivity index (χ3v) is 3.67. The number of carboxylic acids is 1. The quantitative estimate of drug-likeness (QED) is 0.679. The molecule has 24 heavy (non-hydrogen) atoms. The summed E-state index contributed by atoms with van der Waals surface area (Å²) < 4.78 is 0.760. The Hall–Kier alpha value is -2.90. The molecule has 2 aromatic rings. The maximum absolute atomic E-state index is 12.3. The lowest BCUT2D eigenvalue weighted by Crippen LogP contribution is -2.46. The minimum absolute atomic E-state index is 0.283. The number of H-pyrrole nitrogens is 1. The summed E-state index contributed by atoms with van der Waals surface area (Å²) in [4.78, 5) is 50.0. The number of aliphatic carboxylic acids is 1. The lowest BCUT2D eigenvalue weighted by molar-refractivity contribution is -0.142. The molecule has 0 aliphatic heterocycles. The molecule has 128 valence electrons. The lowest BCUT2D eigenvalue weighted by atomic mass is 10.1. The van der Waals surface area contributed by atoms with E-state index in [2.05, 4.69) is 10.3 Å². The van der Waals surface area contributed by atoms with Crippen LogP contribution >= 0.6 is 0 Å². The van der Waals surface area contributed by atoms with Crippen LogP contribution in [0.25, 0.3) is 10.9 Å². The Kier molecular flexibility index (Phi) is 5.51. The van der Waals surface area contributed by atoms with Crippen LogP contribution in [-0.2, 0) is 16.1 Å². The summed E-state index contributed by atoms with van der Waals surface area (Å²) in [6.07, 6.45) is 1.73. The summed E-state index contributed by atoms with van der Waals surface area (Å²) in [5.74, 6) is -1.84. The van der Waals surface area contributed by atoms with E-state index in [1.54, 1.807) is 24.3 Å². The molecule has 1 atom stereocenters. The molecule has 8 heteroatoms. The minimum Gasteiger partial charge on any atom is -0.480 e. The Labute approximate surface area is 137 Å². The van der Waals surface area contributed by atoms with Crippen LogP contribution in [0, 0.1) is 0 Å². The summed E-state index contributed by atoms with van der Waals surface area (Å²) in [5.41, 5.74) is -0.922. The van der Waals surface area contributed by atoms with Gasteiger partial charge in [0, 0.05) is 0 Å². The first-order valence-electron chi connectivity index (χ1n) is 7.68. The molecular weight excluding hydrogens is 314 g/mol. The molecule has 0 aliphatic rings. The van der Waals surface area contributed by atoms with Gasteiger partial charge < -0.3 is 15.4 Å². The van der Waals surface area contributed by atoms with Crippen LogP contribution in [0.3, 0.4) is 0 Å². The van der Waals surface area contributed by atoms with Crippen LogP contribution < -0.4 is 16.6 Å². The number of carbonyl (C=O) groups excluding carboxylic acids is 1. The minimum atomic E-state index is -1.14. The largest absolute Gasteiger partial charge is 0.480 e. The molecule has 8 nitrogen and oxygen atoms in total. The van der Waals surface area contributed by atoms with Crippen molar-refractivity contribution in [3.8, 4) is 0 Å². The number of rotatable bonds is 7. The summed E-state index contributed by atoms with van der Waals surface area (Å²) in [6, 6.07) is 5.43. The molecule has 1 aromatic heterocycles. The zero-order valence-electron chi connectivity index (χ0n) is 13.2. The molecule has 0 unspecified atom stereocenters. The number of fused-ring (bicyclic) bond motifs is 1. The average Bonchev–Trinajstić information content (AvgIpc) is 2.55. The monoisotopic (exact) mass is 333 g/mol. The molecule has 1 heterocycles. The number of amides is 1. The predicted octanol–water partition coefficient (Wildman–Crippen LogP) is 0.449. The summed E-state index contributed by atoms with van der Waals surface area (Å²) in [6.45, 7) is 1.38. The standard InChI is InChI=1S/C16H19N3O5/c1-2-3-7-12(15(22)23)17-13(20)9-19-14(21)10-6-4-5-8-11(10)18-16(19)24/h4-6,8,12H,2-3,7,9H2,1H3,(H,17,20)(H,18,24)(H,22,23)/t12-/m0/s1. The number of para-hydroxylation sites is 1. The van der Waals surface area contributed by atoms with Gasteiger partial charge in [0.25, 0.3) is 5.56 Å². The van der Waals surface area contributed by atoms with E-state index in [0.29, 0.717) is 18.4 Å². The van der Waals surface area contributed by atoms with E-state index in [-0.39, 0.29) is 5.39 Å². The first-order valence-corrected chi connectivity index (χ1v) is 7.68. The number of nitrogens with zero attached hydrogens (tertiary/aromatic N) is 1. The Balaban J connectivity index is 2.23. The molecular formula is C16H19N3O5. The third-order valence-electron chi connectivity index (χ3n) is 3.67. The number of hydrogen-bond acceptors (Lipinski definition) is 4. The zero-order chi connectivity index (χ0) is 17.7. The highest BCUT2D eigenvalue weighted by molar-refractivity contribution is 5.83. The fourth-order valence-corrected chi connectivity index (χ4v) is 2.39.